The zero-order valence-electron chi connectivity index (χ0n) is 20.0. The summed E-state index contributed by atoms with van der Waals surface area (Å²) < 4.78 is 10.6. The molecule has 2 aromatic carbocycles. The van der Waals surface area contributed by atoms with Gasteiger partial charge in [0.1, 0.15) is 11.4 Å². The summed E-state index contributed by atoms with van der Waals surface area (Å²) in [5.74, 6) is 0.496. The van der Waals surface area contributed by atoms with Gasteiger partial charge in [-0.1, -0.05) is 48.5 Å². The first-order valence-corrected chi connectivity index (χ1v) is 12.7. The van der Waals surface area contributed by atoms with Crippen LogP contribution in [0.2, 0.25) is 5.02 Å². The number of amidine groups is 1. The number of carbonyl (C=O) groups is 2. The number of anilines is 1. The van der Waals surface area contributed by atoms with E-state index in [9.17, 15) is 9.59 Å². The van der Waals surface area contributed by atoms with Gasteiger partial charge >= 0.3 is 0 Å². The van der Waals surface area contributed by atoms with Crippen molar-refractivity contribution in [2.24, 2.45) is 4.99 Å². The van der Waals surface area contributed by atoms with Gasteiger partial charge < -0.3 is 14.4 Å². The largest absolute Gasteiger partial charge is 0.497 e. The average Bonchev–Trinajstić information content (AvgIpc) is 3.19. The Morgan fingerprint density at radius 2 is 1.94 bits per heavy atom. The van der Waals surface area contributed by atoms with E-state index in [1.54, 1.807) is 24.2 Å². The number of amides is 2. The maximum absolute atomic E-state index is 13.5. The Balaban J connectivity index is 1.67. The Morgan fingerprint density at radius 3 is 2.57 bits per heavy atom. The van der Waals surface area contributed by atoms with E-state index in [4.69, 9.17) is 21.1 Å². The lowest BCUT2D eigenvalue weighted by Gasteiger charge is -2.30. The minimum atomic E-state index is -0.372. The molecule has 2 heterocycles. The first-order valence-electron chi connectivity index (χ1n) is 11.5. The molecule has 7 nitrogen and oxygen atoms in total. The number of ether oxygens (including phenoxy) is 2. The second kappa shape index (κ2) is 11.3. The average molecular weight is 514 g/mol. The van der Waals surface area contributed by atoms with Gasteiger partial charge in [-0.25, -0.2) is 4.99 Å². The maximum atomic E-state index is 13.5. The van der Waals surface area contributed by atoms with Crippen molar-refractivity contribution in [1.82, 2.24) is 4.90 Å². The molecule has 9 heteroatoms. The fourth-order valence-corrected chi connectivity index (χ4v) is 5.10. The van der Waals surface area contributed by atoms with E-state index >= 15 is 0 Å². The predicted molar refractivity (Wildman–Crippen MR) is 141 cm³/mol. The molecule has 0 aromatic heterocycles. The van der Waals surface area contributed by atoms with Crippen molar-refractivity contribution in [2.75, 3.05) is 38.3 Å². The number of hydrogen-bond donors (Lipinski definition) is 0. The summed E-state index contributed by atoms with van der Waals surface area (Å²) in [6.07, 6.45) is 2.34. The third-order valence-electron chi connectivity index (χ3n) is 5.88. The number of aliphatic imine (C=N–C) groups is 1. The highest BCUT2D eigenvalue weighted by atomic mass is 35.5. The first kappa shape index (κ1) is 25.3. The van der Waals surface area contributed by atoms with E-state index in [-0.39, 0.29) is 17.1 Å². The van der Waals surface area contributed by atoms with Crippen molar-refractivity contribution in [3.63, 3.8) is 0 Å². The van der Waals surface area contributed by atoms with Crippen molar-refractivity contribution in [1.29, 1.82) is 0 Å². The zero-order chi connectivity index (χ0) is 24.9. The molecular formula is C26H28ClN3O4S. The quantitative estimate of drug-likeness (QED) is 0.520. The molecule has 35 heavy (non-hydrogen) atoms. The van der Waals surface area contributed by atoms with Crippen LogP contribution in [0.5, 0.6) is 5.75 Å². The van der Waals surface area contributed by atoms with Crippen LogP contribution in [0.4, 0.5) is 5.69 Å². The van der Waals surface area contributed by atoms with Gasteiger partial charge in [0.15, 0.2) is 5.17 Å². The smallest absolute Gasteiger partial charge is 0.283 e. The fourth-order valence-electron chi connectivity index (χ4n) is 3.80. The third-order valence-corrected chi connectivity index (χ3v) is 7.59. The van der Waals surface area contributed by atoms with E-state index in [1.807, 2.05) is 55.1 Å². The second-order valence-corrected chi connectivity index (χ2v) is 9.80. The summed E-state index contributed by atoms with van der Waals surface area (Å²) in [7, 11) is 1.61. The lowest BCUT2D eigenvalue weighted by Crippen LogP contribution is -2.45. The Kier molecular flexibility index (Phi) is 8.15. The van der Waals surface area contributed by atoms with E-state index in [0.717, 1.165) is 16.9 Å². The van der Waals surface area contributed by atoms with E-state index in [2.05, 4.69) is 4.99 Å². The van der Waals surface area contributed by atoms with Crippen LogP contribution in [-0.2, 0) is 14.3 Å². The molecule has 0 N–H and O–H groups in total. The molecule has 0 spiro atoms. The molecule has 2 aromatic rings. The summed E-state index contributed by atoms with van der Waals surface area (Å²) >= 11 is 7.69. The van der Waals surface area contributed by atoms with E-state index in [1.165, 1.54) is 11.8 Å². The minimum absolute atomic E-state index is 0.0328. The second-order valence-electron chi connectivity index (χ2n) is 8.22. The van der Waals surface area contributed by atoms with Gasteiger partial charge in [-0.3, -0.25) is 14.5 Å². The topological polar surface area (TPSA) is 71.4 Å². The zero-order valence-corrected chi connectivity index (χ0v) is 21.6. The van der Waals surface area contributed by atoms with Crippen LogP contribution in [0.1, 0.15) is 24.5 Å². The lowest BCUT2D eigenvalue weighted by molar-refractivity contribution is -0.134. The maximum Gasteiger partial charge on any atom is 0.283 e. The molecule has 0 aliphatic carbocycles. The number of rotatable bonds is 6. The molecule has 0 unspecified atom stereocenters. The number of carbonyl (C=O) groups excluding carboxylic acids is 2. The molecule has 0 radical (unpaired) electrons. The van der Waals surface area contributed by atoms with Crippen molar-refractivity contribution < 1.29 is 19.1 Å². The molecule has 0 saturated carbocycles. The Bertz CT molecular complexity index is 1160. The highest BCUT2D eigenvalue weighted by Gasteiger charge is 2.36. The number of methoxy groups -OCH3 is 1. The molecular weight excluding hydrogens is 486 g/mol. The van der Waals surface area contributed by atoms with Gasteiger partial charge in [0.2, 0.25) is 5.91 Å². The highest BCUT2D eigenvalue weighted by Crippen LogP contribution is 2.34. The Morgan fingerprint density at radius 1 is 1.23 bits per heavy atom. The molecule has 2 aliphatic rings. The molecule has 1 fully saturated rings. The van der Waals surface area contributed by atoms with Crippen LogP contribution in [-0.4, -0.2) is 60.5 Å². The number of morpholine rings is 1. The van der Waals surface area contributed by atoms with Crippen LogP contribution in [0, 0.1) is 6.92 Å². The monoisotopic (exact) mass is 513 g/mol. The van der Waals surface area contributed by atoms with E-state index in [0.29, 0.717) is 54.3 Å². The number of benzene rings is 2. The molecule has 2 amide bonds. The summed E-state index contributed by atoms with van der Waals surface area (Å²) in [6.45, 7) is 6.09. The van der Waals surface area contributed by atoms with Crippen molar-refractivity contribution >= 4 is 52.1 Å². The first-order chi connectivity index (χ1) is 16.9. The van der Waals surface area contributed by atoms with Crippen LogP contribution < -0.4 is 9.64 Å². The van der Waals surface area contributed by atoms with Crippen LogP contribution in [0.3, 0.4) is 0 Å². The number of thioether (sulfide) groups is 1. The van der Waals surface area contributed by atoms with Crippen LogP contribution in [0.25, 0.3) is 6.08 Å². The summed E-state index contributed by atoms with van der Waals surface area (Å²) in [6, 6.07) is 12.9. The fraction of sp³-hybridized carbons (Fsp3) is 0.346. The SMILES string of the molecule is CC[C@H](SC1=N/C(=C\c2ccc(OC)cc2)C(=O)N1c1ccc(C)c(Cl)c1)C(=O)N1CCOCC1. The summed E-state index contributed by atoms with van der Waals surface area (Å²) in [4.78, 5) is 34.8. The van der Waals surface area contributed by atoms with Gasteiger partial charge in [-0.05, 0) is 54.8 Å². The standard InChI is InChI=1S/C26H28ClN3O4S/c1-4-23(25(32)29-11-13-34-14-12-29)35-26-28-22(15-18-6-9-20(33-3)10-7-18)24(31)30(26)19-8-5-17(2)21(27)16-19/h5-10,15-16,23H,4,11-14H2,1-3H3/b22-15-/t23-/m0/s1. The number of hydrogen-bond acceptors (Lipinski definition) is 6. The summed E-state index contributed by atoms with van der Waals surface area (Å²) in [5, 5.41) is 0.648. The van der Waals surface area contributed by atoms with Crippen LogP contribution >= 0.6 is 23.4 Å². The number of nitrogens with zero attached hydrogens (tertiary/aromatic N) is 3. The molecule has 2 aliphatic heterocycles. The molecule has 0 bridgehead atoms. The Hall–Kier alpha value is -2.81. The predicted octanol–water partition coefficient (Wildman–Crippen LogP) is 4.77. The minimum Gasteiger partial charge on any atom is -0.497 e. The van der Waals surface area contributed by atoms with Gasteiger partial charge in [-0.15, -0.1) is 0 Å². The normalized spacial score (nSPS) is 18.1. The van der Waals surface area contributed by atoms with Crippen molar-refractivity contribution in [3.05, 3.63) is 64.3 Å². The molecule has 184 valence electrons. The van der Waals surface area contributed by atoms with Gasteiger partial charge in [0, 0.05) is 18.1 Å². The number of halogens is 1. The molecule has 1 saturated heterocycles. The van der Waals surface area contributed by atoms with Crippen molar-refractivity contribution in [3.8, 4) is 5.75 Å². The van der Waals surface area contributed by atoms with Crippen molar-refractivity contribution in [2.45, 2.75) is 25.5 Å². The lowest BCUT2D eigenvalue weighted by atomic mass is 10.1. The molecule has 4 rings (SSSR count). The van der Waals surface area contributed by atoms with Crippen LogP contribution in [0.15, 0.2) is 53.2 Å². The summed E-state index contributed by atoms with van der Waals surface area (Å²) in [5.41, 5.74) is 2.64. The number of aryl methyl sites for hydroxylation is 1. The highest BCUT2D eigenvalue weighted by molar-refractivity contribution is 8.15. The van der Waals surface area contributed by atoms with Gasteiger partial charge in [0.25, 0.3) is 5.91 Å². The molecule has 1 atom stereocenters. The van der Waals surface area contributed by atoms with Gasteiger partial charge in [-0.2, -0.15) is 0 Å². The van der Waals surface area contributed by atoms with Gasteiger partial charge in [0.05, 0.1) is 31.3 Å². The Labute approximate surface area is 214 Å². The third kappa shape index (κ3) is 5.72. The van der Waals surface area contributed by atoms with E-state index < -0.39 is 0 Å².